The van der Waals surface area contributed by atoms with Crippen molar-refractivity contribution < 1.29 is 14.3 Å². The van der Waals surface area contributed by atoms with Crippen LogP contribution in [0, 0.1) is 29.1 Å². The van der Waals surface area contributed by atoms with Crippen LogP contribution in [0.1, 0.15) is 58.1 Å². The first kappa shape index (κ1) is 23.3. The Morgan fingerprint density at radius 1 is 1.12 bits per heavy atom. The molecular weight excluding hydrogens is 402 g/mol. The lowest BCUT2D eigenvalue weighted by atomic mass is 9.49. The summed E-state index contributed by atoms with van der Waals surface area (Å²) in [6.07, 6.45) is 9.06. The number of ether oxygens (including phenoxy) is 1. The standard InChI is InChI=1S/C26H41N3O3/c1-19(2)16-29(25(31)26-13-20-10-21(14-26)12-22(11-20)15-26)18-24(30)28(8-9-32-4)17-23-6-5-7-27(23)3/h5-7,19-22H,8-18H2,1-4H3. The molecule has 0 aliphatic heterocycles. The van der Waals surface area contributed by atoms with E-state index in [2.05, 4.69) is 13.8 Å². The van der Waals surface area contributed by atoms with Crippen molar-refractivity contribution in [1.82, 2.24) is 14.4 Å². The van der Waals surface area contributed by atoms with Crippen molar-refractivity contribution >= 4 is 11.8 Å². The van der Waals surface area contributed by atoms with Crippen molar-refractivity contribution in [3.8, 4) is 0 Å². The van der Waals surface area contributed by atoms with E-state index in [4.69, 9.17) is 4.74 Å². The number of methoxy groups -OCH3 is 1. The van der Waals surface area contributed by atoms with Gasteiger partial charge in [-0.3, -0.25) is 9.59 Å². The van der Waals surface area contributed by atoms with Gasteiger partial charge in [-0.25, -0.2) is 0 Å². The summed E-state index contributed by atoms with van der Waals surface area (Å²) in [5.74, 6) is 2.76. The number of aromatic nitrogens is 1. The lowest BCUT2D eigenvalue weighted by Gasteiger charge is -2.56. The average Bonchev–Trinajstić information content (AvgIpc) is 3.13. The molecule has 178 valence electrons. The Kier molecular flexibility index (Phi) is 6.99. The molecule has 0 saturated heterocycles. The van der Waals surface area contributed by atoms with Crippen molar-refractivity contribution in [2.24, 2.45) is 36.1 Å². The van der Waals surface area contributed by atoms with Crippen molar-refractivity contribution in [3.05, 3.63) is 24.0 Å². The van der Waals surface area contributed by atoms with Gasteiger partial charge in [-0.05, 0) is 74.3 Å². The minimum absolute atomic E-state index is 0.0157. The van der Waals surface area contributed by atoms with Crippen LogP contribution in [-0.4, -0.2) is 59.5 Å². The van der Waals surface area contributed by atoms with Gasteiger partial charge in [0.1, 0.15) is 0 Å². The van der Waals surface area contributed by atoms with E-state index in [1.54, 1.807) is 7.11 Å². The van der Waals surface area contributed by atoms with Crippen LogP contribution in [0.5, 0.6) is 0 Å². The van der Waals surface area contributed by atoms with Crippen molar-refractivity contribution in [3.63, 3.8) is 0 Å². The van der Waals surface area contributed by atoms with E-state index in [0.29, 0.717) is 32.2 Å². The van der Waals surface area contributed by atoms with Gasteiger partial charge in [-0.2, -0.15) is 0 Å². The summed E-state index contributed by atoms with van der Waals surface area (Å²) in [5, 5.41) is 0. The molecule has 1 aromatic rings. The molecule has 5 rings (SSSR count). The van der Waals surface area contributed by atoms with Crippen molar-refractivity contribution in [2.45, 2.75) is 58.9 Å². The van der Waals surface area contributed by atoms with Gasteiger partial charge in [0.05, 0.1) is 25.1 Å². The third-order valence-electron chi connectivity index (χ3n) is 8.01. The molecule has 0 N–H and O–H groups in total. The van der Waals surface area contributed by atoms with Crippen LogP contribution in [0.3, 0.4) is 0 Å². The summed E-state index contributed by atoms with van der Waals surface area (Å²) in [7, 11) is 3.66. The van der Waals surface area contributed by atoms with E-state index in [-0.39, 0.29) is 23.8 Å². The quantitative estimate of drug-likeness (QED) is 0.554. The summed E-state index contributed by atoms with van der Waals surface area (Å²) < 4.78 is 7.31. The number of carbonyl (C=O) groups is 2. The maximum Gasteiger partial charge on any atom is 0.242 e. The van der Waals surface area contributed by atoms with E-state index < -0.39 is 0 Å². The fourth-order valence-corrected chi connectivity index (χ4v) is 6.98. The fourth-order valence-electron chi connectivity index (χ4n) is 6.98. The van der Waals surface area contributed by atoms with Crippen LogP contribution >= 0.6 is 0 Å². The number of amides is 2. The molecule has 4 saturated carbocycles. The number of nitrogens with zero attached hydrogens (tertiary/aromatic N) is 3. The maximum atomic E-state index is 14.0. The number of hydrogen-bond donors (Lipinski definition) is 0. The first-order valence-electron chi connectivity index (χ1n) is 12.5. The Bertz CT molecular complexity index is 780. The van der Waals surface area contributed by atoms with Gasteiger partial charge in [0.15, 0.2) is 0 Å². The van der Waals surface area contributed by atoms with Crippen LogP contribution < -0.4 is 0 Å². The zero-order chi connectivity index (χ0) is 22.9. The van der Waals surface area contributed by atoms with Gasteiger partial charge < -0.3 is 19.1 Å². The molecule has 4 aliphatic rings. The van der Waals surface area contributed by atoms with E-state index in [9.17, 15) is 9.59 Å². The maximum absolute atomic E-state index is 14.0. The van der Waals surface area contributed by atoms with E-state index in [0.717, 1.165) is 42.7 Å². The number of aryl methyl sites for hydroxylation is 1. The highest BCUT2D eigenvalue weighted by atomic mass is 16.5. The van der Waals surface area contributed by atoms with Gasteiger partial charge in [-0.15, -0.1) is 0 Å². The van der Waals surface area contributed by atoms with Crippen LogP contribution in [-0.2, 0) is 27.9 Å². The van der Waals surface area contributed by atoms with Gasteiger partial charge in [0, 0.05) is 39.1 Å². The smallest absolute Gasteiger partial charge is 0.242 e. The number of rotatable bonds is 10. The molecule has 32 heavy (non-hydrogen) atoms. The third-order valence-corrected chi connectivity index (χ3v) is 8.01. The molecule has 4 aliphatic carbocycles. The second-order valence-corrected chi connectivity index (χ2v) is 11.2. The third kappa shape index (κ3) is 4.90. The Hall–Kier alpha value is -1.82. The first-order chi connectivity index (χ1) is 15.3. The number of carbonyl (C=O) groups excluding carboxylic acids is 2. The van der Waals surface area contributed by atoms with Crippen molar-refractivity contribution in [1.29, 1.82) is 0 Å². The molecule has 4 bridgehead atoms. The minimum Gasteiger partial charge on any atom is -0.383 e. The first-order valence-corrected chi connectivity index (χ1v) is 12.5. The molecule has 0 atom stereocenters. The predicted molar refractivity (Wildman–Crippen MR) is 125 cm³/mol. The molecule has 0 spiro atoms. The topological polar surface area (TPSA) is 54.8 Å². The monoisotopic (exact) mass is 443 g/mol. The molecule has 6 nitrogen and oxygen atoms in total. The molecule has 0 aromatic carbocycles. The van der Waals surface area contributed by atoms with Crippen LogP contribution in [0.15, 0.2) is 18.3 Å². The second-order valence-electron chi connectivity index (χ2n) is 11.2. The number of hydrogen-bond acceptors (Lipinski definition) is 3. The van der Waals surface area contributed by atoms with Gasteiger partial charge in [-0.1, -0.05) is 13.8 Å². The molecular formula is C26H41N3O3. The largest absolute Gasteiger partial charge is 0.383 e. The van der Waals surface area contributed by atoms with Crippen LogP contribution in [0.4, 0.5) is 0 Å². The zero-order valence-corrected chi connectivity index (χ0v) is 20.4. The lowest BCUT2D eigenvalue weighted by Crippen LogP contribution is -2.56. The van der Waals surface area contributed by atoms with Gasteiger partial charge in [0.25, 0.3) is 0 Å². The Labute approximate surface area is 193 Å². The SMILES string of the molecule is COCCN(Cc1cccn1C)C(=O)CN(CC(C)C)C(=O)C12CC3CC(CC(C3)C1)C2. The zero-order valence-electron chi connectivity index (χ0n) is 20.4. The van der Waals surface area contributed by atoms with Gasteiger partial charge in [0.2, 0.25) is 11.8 Å². The minimum atomic E-state index is -0.209. The van der Waals surface area contributed by atoms with E-state index in [1.165, 1.54) is 19.3 Å². The summed E-state index contributed by atoms with van der Waals surface area (Å²) in [5.41, 5.74) is 0.872. The van der Waals surface area contributed by atoms with E-state index >= 15 is 0 Å². The molecule has 6 heteroatoms. The summed E-state index contributed by atoms with van der Waals surface area (Å²) in [6, 6.07) is 4.04. The fraction of sp³-hybridized carbons (Fsp3) is 0.769. The summed E-state index contributed by atoms with van der Waals surface area (Å²) >= 11 is 0. The average molecular weight is 444 g/mol. The predicted octanol–water partition coefficient (Wildman–Crippen LogP) is 3.70. The molecule has 2 amide bonds. The Morgan fingerprint density at radius 3 is 2.25 bits per heavy atom. The highest BCUT2D eigenvalue weighted by Crippen LogP contribution is 2.60. The molecule has 0 radical (unpaired) electrons. The lowest BCUT2D eigenvalue weighted by molar-refractivity contribution is -0.161. The summed E-state index contributed by atoms with van der Waals surface area (Å²) in [4.78, 5) is 31.2. The second kappa shape index (κ2) is 9.58. The summed E-state index contributed by atoms with van der Waals surface area (Å²) in [6.45, 7) is 6.65. The highest BCUT2D eigenvalue weighted by molar-refractivity contribution is 5.88. The van der Waals surface area contributed by atoms with Crippen molar-refractivity contribution in [2.75, 3.05) is 33.4 Å². The highest BCUT2D eigenvalue weighted by Gasteiger charge is 2.55. The molecule has 4 fully saturated rings. The Morgan fingerprint density at radius 2 is 1.75 bits per heavy atom. The van der Waals surface area contributed by atoms with E-state index in [1.807, 2.05) is 39.7 Å². The normalized spacial score (nSPS) is 28.3. The molecule has 1 aromatic heterocycles. The van der Waals surface area contributed by atoms with Gasteiger partial charge >= 0.3 is 0 Å². The van der Waals surface area contributed by atoms with Crippen LogP contribution in [0.2, 0.25) is 0 Å². The Balaban J connectivity index is 1.50. The molecule has 0 unspecified atom stereocenters. The van der Waals surface area contributed by atoms with Crippen LogP contribution in [0.25, 0.3) is 0 Å². The molecule has 1 heterocycles.